The van der Waals surface area contributed by atoms with Crippen LogP contribution in [0.4, 0.5) is 10.6 Å². The van der Waals surface area contributed by atoms with Crippen molar-refractivity contribution in [2.75, 3.05) is 31.5 Å². The number of rotatable bonds is 4. The van der Waals surface area contributed by atoms with Gasteiger partial charge in [0.25, 0.3) is 0 Å². The van der Waals surface area contributed by atoms with E-state index in [1.807, 2.05) is 28.6 Å². The van der Waals surface area contributed by atoms with Crippen LogP contribution in [0, 0.1) is 6.92 Å². The van der Waals surface area contributed by atoms with Crippen LogP contribution < -0.4 is 10.6 Å². The van der Waals surface area contributed by atoms with Crippen molar-refractivity contribution in [1.82, 2.24) is 24.8 Å². The summed E-state index contributed by atoms with van der Waals surface area (Å²) in [5.41, 5.74) is 3.05. The van der Waals surface area contributed by atoms with Gasteiger partial charge < -0.3 is 20.3 Å². The minimum absolute atomic E-state index is 0.0198. The Hall–Kier alpha value is -2.35. The van der Waals surface area contributed by atoms with Gasteiger partial charge in [-0.1, -0.05) is 13.8 Å². The van der Waals surface area contributed by atoms with E-state index in [-0.39, 0.29) is 12.2 Å². The molecule has 2 aromatic rings. The van der Waals surface area contributed by atoms with Crippen LogP contribution in [0.2, 0.25) is 0 Å². The summed E-state index contributed by atoms with van der Waals surface area (Å²) < 4.78 is 7.48. The van der Waals surface area contributed by atoms with E-state index >= 15 is 0 Å². The molecule has 2 saturated heterocycles. The highest BCUT2D eigenvalue weighted by Gasteiger charge is 2.27. The minimum Gasteiger partial charge on any atom is -0.445 e. The Balaban J connectivity index is 1.39. The lowest BCUT2D eigenvalue weighted by Gasteiger charge is -2.32. The maximum Gasteiger partial charge on any atom is 0.410 e. The molecule has 2 aromatic heterocycles. The Bertz CT molecular complexity index is 835. The van der Waals surface area contributed by atoms with E-state index in [0.29, 0.717) is 25.0 Å². The summed E-state index contributed by atoms with van der Waals surface area (Å²) >= 11 is 0. The van der Waals surface area contributed by atoms with Crippen molar-refractivity contribution in [1.29, 1.82) is 0 Å². The molecule has 2 aliphatic heterocycles. The van der Waals surface area contributed by atoms with Crippen LogP contribution in [0.3, 0.4) is 0 Å². The number of nitrogens with zero attached hydrogens (tertiary/aromatic N) is 4. The Morgan fingerprint density at radius 2 is 2.11 bits per heavy atom. The van der Waals surface area contributed by atoms with Gasteiger partial charge in [0.1, 0.15) is 11.9 Å². The van der Waals surface area contributed by atoms with Gasteiger partial charge in [-0.05, 0) is 38.6 Å². The summed E-state index contributed by atoms with van der Waals surface area (Å²) in [6.07, 6.45) is 4.44. The summed E-state index contributed by atoms with van der Waals surface area (Å²) in [5.74, 6) is 1.34. The molecule has 8 heteroatoms. The van der Waals surface area contributed by atoms with Crippen LogP contribution in [0.25, 0.3) is 5.65 Å². The van der Waals surface area contributed by atoms with Crippen molar-refractivity contribution in [3.8, 4) is 0 Å². The first-order valence-electron chi connectivity index (χ1n) is 10.3. The van der Waals surface area contributed by atoms with Gasteiger partial charge in [0.05, 0.1) is 6.20 Å². The van der Waals surface area contributed by atoms with Gasteiger partial charge in [-0.15, -0.1) is 0 Å². The Kier molecular flexibility index (Phi) is 5.39. The molecule has 0 radical (unpaired) electrons. The van der Waals surface area contributed by atoms with E-state index < -0.39 is 0 Å². The molecular formula is C20H30N6O2. The fraction of sp³-hybridized carbons (Fsp3) is 0.650. The van der Waals surface area contributed by atoms with Gasteiger partial charge in [0.2, 0.25) is 0 Å². The first-order chi connectivity index (χ1) is 13.5. The smallest absolute Gasteiger partial charge is 0.410 e. The molecule has 4 rings (SSSR count). The van der Waals surface area contributed by atoms with Gasteiger partial charge in [-0.25, -0.2) is 9.78 Å². The molecule has 0 aromatic carbocycles. The second kappa shape index (κ2) is 7.95. The fourth-order valence-corrected chi connectivity index (χ4v) is 3.97. The number of ether oxygens (including phenoxy) is 1. The zero-order chi connectivity index (χ0) is 19.7. The highest BCUT2D eigenvalue weighted by Crippen LogP contribution is 2.24. The van der Waals surface area contributed by atoms with Crippen molar-refractivity contribution in [2.24, 2.45) is 0 Å². The highest BCUT2D eigenvalue weighted by molar-refractivity contribution is 5.68. The largest absolute Gasteiger partial charge is 0.445 e. The summed E-state index contributed by atoms with van der Waals surface area (Å²) in [5, 5.41) is 11.4. The molecule has 152 valence electrons. The number of fused-ring (bicyclic) bond motifs is 1. The van der Waals surface area contributed by atoms with E-state index in [2.05, 4.69) is 34.6 Å². The number of anilines is 1. The van der Waals surface area contributed by atoms with E-state index in [0.717, 1.165) is 55.1 Å². The molecule has 1 atom stereocenters. The number of aromatic nitrogens is 3. The SMILES string of the molecule is Cc1cc(NC2CCN(C(=O)O[C@H]3CCNC3)CC2)n2ncc(C(C)C)c2n1. The number of hydrogen-bond acceptors (Lipinski definition) is 6. The number of carbonyl (C=O) groups is 1. The fourth-order valence-electron chi connectivity index (χ4n) is 3.97. The zero-order valence-electron chi connectivity index (χ0n) is 16.9. The van der Waals surface area contributed by atoms with Gasteiger partial charge in [0.15, 0.2) is 5.65 Å². The Morgan fingerprint density at radius 3 is 2.79 bits per heavy atom. The predicted molar refractivity (Wildman–Crippen MR) is 108 cm³/mol. The first-order valence-corrected chi connectivity index (χ1v) is 10.3. The van der Waals surface area contributed by atoms with Gasteiger partial charge in [0, 0.05) is 43.0 Å². The van der Waals surface area contributed by atoms with E-state index in [9.17, 15) is 4.79 Å². The van der Waals surface area contributed by atoms with E-state index in [4.69, 9.17) is 4.74 Å². The minimum atomic E-state index is -0.178. The van der Waals surface area contributed by atoms with Gasteiger partial charge in [-0.3, -0.25) is 0 Å². The molecule has 0 unspecified atom stereocenters. The van der Waals surface area contributed by atoms with Crippen LogP contribution >= 0.6 is 0 Å². The molecular weight excluding hydrogens is 356 g/mol. The molecule has 2 fully saturated rings. The molecule has 2 N–H and O–H groups in total. The van der Waals surface area contributed by atoms with Crippen LogP contribution in [0.15, 0.2) is 12.3 Å². The maximum atomic E-state index is 12.3. The summed E-state index contributed by atoms with van der Waals surface area (Å²) in [6.45, 7) is 9.44. The number of amides is 1. The monoisotopic (exact) mass is 386 g/mol. The Labute approximate surface area is 165 Å². The van der Waals surface area contributed by atoms with Crippen molar-refractivity contribution in [3.05, 3.63) is 23.5 Å². The van der Waals surface area contributed by atoms with Gasteiger partial charge >= 0.3 is 6.09 Å². The molecule has 2 aliphatic rings. The topological polar surface area (TPSA) is 83.8 Å². The normalized spacial score (nSPS) is 20.9. The number of piperidine rings is 1. The molecule has 0 saturated carbocycles. The third-order valence-corrected chi connectivity index (χ3v) is 5.64. The average molecular weight is 387 g/mol. The predicted octanol–water partition coefficient (Wildman–Crippen LogP) is 2.54. The lowest BCUT2D eigenvalue weighted by Crippen LogP contribution is -2.44. The molecule has 28 heavy (non-hydrogen) atoms. The zero-order valence-corrected chi connectivity index (χ0v) is 16.9. The van der Waals surface area contributed by atoms with E-state index in [1.165, 1.54) is 0 Å². The van der Waals surface area contributed by atoms with Gasteiger partial charge in [-0.2, -0.15) is 9.61 Å². The molecule has 8 nitrogen and oxygen atoms in total. The van der Waals surface area contributed by atoms with Crippen molar-refractivity contribution in [3.63, 3.8) is 0 Å². The third-order valence-electron chi connectivity index (χ3n) is 5.64. The third kappa shape index (κ3) is 3.92. The quantitative estimate of drug-likeness (QED) is 0.840. The number of likely N-dealkylation sites (tertiary alicyclic amines) is 1. The molecule has 0 spiro atoms. The molecule has 0 aliphatic carbocycles. The lowest BCUT2D eigenvalue weighted by molar-refractivity contribution is 0.0641. The number of carbonyl (C=O) groups excluding carboxylic acids is 1. The molecule has 0 bridgehead atoms. The van der Waals surface area contributed by atoms with Crippen LogP contribution in [0.1, 0.15) is 50.3 Å². The van der Waals surface area contributed by atoms with E-state index in [1.54, 1.807) is 0 Å². The van der Waals surface area contributed by atoms with Crippen molar-refractivity contribution in [2.45, 2.75) is 58.1 Å². The highest BCUT2D eigenvalue weighted by atomic mass is 16.6. The lowest BCUT2D eigenvalue weighted by atomic mass is 10.1. The number of nitrogens with one attached hydrogen (secondary N) is 2. The molecule has 1 amide bonds. The number of hydrogen-bond donors (Lipinski definition) is 2. The van der Waals surface area contributed by atoms with Crippen LogP contribution in [-0.4, -0.2) is 63.9 Å². The summed E-state index contributed by atoms with van der Waals surface area (Å²) in [4.78, 5) is 18.8. The summed E-state index contributed by atoms with van der Waals surface area (Å²) in [6, 6.07) is 2.34. The molecule has 4 heterocycles. The Morgan fingerprint density at radius 1 is 1.32 bits per heavy atom. The first kappa shape index (κ1) is 19.0. The average Bonchev–Trinajstić information content (AvgIpc) is 3.31. The maximum absolute atomic E-state index is 12.3. The standard InChI is InChI=1S/C20H30N6O2/c1-13(2)17-12-22-26-18(10-14(3)23-19(17)26)24-15-5-8-25(9-6-15)20(27)28-16-4-7-21-11-16/h10,12-13,15-16,21,24H,4-9,11H2,1-3H3/t16-/m0/s1. The van der Waals surface area contributed by atoms with Crippen molar-refractivity contribution < 1.29 is 9.53 Å². The van der Waals surface area contributed by atoms with Crippen molar-refractivity contribution >= 4 is 17.6 Å². The second-order valence-electron chi connectivity index (χ2n) is 8.18. The second-order valence-corrected chi connectivity index (χ2v) is 8.18. The number of aryl methyl sites for hydroxylation is 1. The van der Waals surface area contributed by atoms with Crippen LogP contribution in [0.5, 0.6) is 0 Å². The van der Waals surface area contributed by atoms with Crippen LogP contribution in [-0.2, 0) is 4.74 Å². The summed E-state index contributed by atoms with van der Waals surface area (Å²) in [7, 11) is 0.